The molecule has 1 heterocycles. The molecule has 1 N–H and O–H groups in total. The van der Waals surface area contributed by atoms with Gasteiger partial charge in [-0.1, -0.05) is 32.8 Å². The first-order chi connectivity index (χ1) is 7.68. The van der Waals surface area contributed by atoms with Gasteiger partial charge in [-0.15, -0.1) is 11.3 Å². The lowest BCUT2D eigenvalue weighted by atomic mass is 9.78. The molecule has 1 aromatic rings. The molecule has 0 aliphatic heterocycles. The summed E-state index contributed by atoms with van der Waals surface area (Å²) in [6.07, 6.45) is 3.66. The van der Waals surface area contributed by atoms with Crippen LogP contribution in [-0.4, -0.2) is 11.9 Å². The summed E-state index contributed by atoms with van der Waals surface area (Å²) in [7, 11) is 0. The topological polar surface area (TPSA) is 29.1 Å². The molecule has 1 aliphatic rings. The van der Waals surface area contributed by atoms with Crippen LogP contribution in [0.2, 0.25) is 0 Å². The second-order valence-electron chi connectivity index (χ2n) is 4.82. The van der Waals surface area contributed by atoms with Crippen molar-refractivity contribution in [3.05, 3.63) is 22.4 Å². The lowest BCUT2D eigenvalue weighted by molar-refractivity contribution is 0.0895. The van der Waals surface area contributed by atoms with E-state index in [4.69, 9.17) is 0 Å². The van der Waals surface area contributed by atoms with Gasteiger partial charge in [-0.25, -0.2) is 0 Å². The highest BCUT2D eigenvalue weighted by atomic mass is 32.1. The highest BCUT2D eigenvalue weighted by Gasteiger charge is 2.28. The van der Waals surface area contributed by atoms with E-state index >= 15 is 0 Å². The van der Waals surface area contributed by atoms with Gasteiger partial charge in [-0.3, -0.25) is 4.79 Å². The third-order valence-corrected chi connectivity index (χ3v) is 4.64. The van der Waals surface area contributed by atoms with E-state index in [1.165, 1.54) is 24.2 Å². The summed E-state index contributed by atoms with van der Waals surface area (Å²) in [5, 5.41) is 5.12. The summed E-state index contributed by atoms with van der Waals surface area (Å²) in [4.78, 5) is 12.8. The Balaban J connectivity index is 1.96. The van der Waals surface area contributed by atoms with Crippen LogP contribution in [0.1, 0.15) is 42.8 Å². The van der Waals surface area contributed by atoms with Crippen LogP contribution in [0.3, 0.4) is 0 Å². The van der Waals surface area contributed by atoms with E-state index in [0.717, 1.165) is 17.2 Å². The van der Waals surface area contributed by atoms with E-state index in [9.17, 15) is 4.79 Å². The maximum Gasteiger partial charge on any atom is 0.261 e. The van der Waals surface area contributed by atoms with Crippen LogP contribution in [0.5, 0.6) is 0 Å². The Morgan fingerprint density at radius 3 is 2.94 bits per heavy atom. The van der Waals surface area contributed by atoms with Crippen LogP contribution in [0.4, 0.5) is 0 Å². The largest absolute Gasteiger partial charge is 0.348 e. The van der Waals surface area contributed by atoms with Crippen LogP contribution in [0.25, 0.3) is 0 Å². The van der Waals surface area contributed by atoms with Crippen LogP contribution in [-0.2, 0) is 0 Å². The summed E-state index contributed by atoms with van der Waals surface area (Å²) in [5.41, 5.74) is 0. The molecule has 2 nitrogen and oxygen atoms in total. The summed E-state index contributed by atoms with van der Waals surface area (Å²) in [5.74, 6) is 1.42. The van der Waals surface area contributed by atoms with Crippen molar-refractivity contribution in [3.8, 4) is 0 Å². The van der Waals surface area contributed by atoms with Gasteiger partial charge in [0.25, 0.3) is 5.91 Å². The Morgan fingerprint density at radius 1 is 1.44 bits per heavy atom. The Kier molecular flexibility index (Phi) is 3.64. The summed E-state index contributed by atoms with van der Waals surface area (Å²) >= 11 is 1.51. The Hall–Kier alpha value is -0.830. The van der Waals surface area contributed by atoms with Crippen molar-refractivity contribution in [2.24, 2.45) is 11.8 Å². The Labute approximate surface area is 101 Å². The molecule has 1 fully saturated rings. The second-order valence-corrected chi connectivity index (χ2v) is 5.77. The van der Waals surface area contributed by atoms with Crippen LogP contribution in [0.15, 0.2) is 17.5 Å². The standard InChI is InChI=1S/C13H19NOS/c1-9-5-3-6-11(10(9)2)14-13(15)12-7-4-8-16-12/h4,7-11H,3,5-6H2,1-2H3,(H,14,15)/t9-,10-,11+/m1/s1. The fraction of sp³-hybridized carbons (Fsp3) is 0.615. The Bertz CT molecular complexity index is 347. The van der Waals surface area contributed by atoms with E-state index in [-0.39, 0.29) is 5.91 Å². The molecule has 1 saturated carbocycles. The van der Waals surface area contributed by atoms with Gasteiger partial charge in [0.2, 0.25) is 0 Å². The number of amides is 1. The number of hydrogen-bond acceptors (Lipinski definition) is 2. The van der Waals surface area contributed by atoms with Crippen molar-refractivity contribution < 1.29 is 4.79 Å². The fourth-order valence-corrected chi connectivity index (χ4v) is 3.06. The zero-order valence-electron chi connectivity index (χ0n) is 9.90. The third kappa shape index (κ3) is 2.46. The summed E-state index contributed by atoms with van der Waals surface area (Å²) in [6, 6.07) is 4.17. The quantitative estimate of drug-likeness (QED) is 0.840. The third-order valence-electron chi connectivity index (χ3n) is 3.77. The minimum Gasteiger partial charge on any atom is -0.348 e. The number of thiophene rings is 1. The number of carbonyl (C=O) groups excluding carboxylic acids is 1. The average molecular weight is 237 g/mol. The molecule has 0 aromatic carbocycles. The minimum absolute atomic E-state index is 0.0981. The van der Waals surface area contributed by atoms with Crippen molar-refractivity contribution in [2.75, 3.05) is 0 Å². The Morgan fingerprint density at radius 2 is 2.25 bits per heavy atom. The monoisotopic (exact) mass is 237 g/mol. The number of rotatable bonds is 2. The first-order valence-corrected chi connectivity index (χ1v) is 6.91. The van der Waals surface area contributed by atoms with Crippen molar-refractivity contribution in [1.82, 2.24) is 5.32 Å². The molecule has 3 heteroatoms. The van der Waals surface area contributed by atoms with Crippen LogP contribution >= 0.6 is 11.3 Å². The molecular weight excluding hydrogens is 218 g/mol. The first kappa shape index (κ1) is 11.6. The van der Waals surface area contributed by atoms with Crippen molar-refractivity contribution in [3.63, 3.8) is 0 Å². The van der Waals surface area contributed by atoms with E-state index in [2.05, 4.69) is 19.2 Å². The zero-order chi connectivity index (χ0) is 11.5. The lowest BCUT2D eigenvalue weighted by Crippen LogP contribution is -2.43. The molecule has 0 unspecified atom stereocenters. The second kappa shape index (κ2) is 5.00. The van der Waals surface area contributed by atoms with Gasteiger partial charge in [-0.05, 0) is 29.7 Å². The maximum absolute atomic E-state index is 11.9. The molecule has 1 amide bonds. The van der Waals surface area contributed by atoms with Gasteiger partial charge in [-0.2, -0.15) is 0 Å². The van der Waals surface area contributed by atoms with Crippen molar-refractivity contribution in [1.29, 1.82) is 0 Å². The molecule has 0 bridgehead atoms. The molecule has 0 spiro atoms. The van der Waals surface area contributed by atoms with Crippen molar-refractivity contribution in [2.45, 2.75) is 39.2 Å². The molecule has 16 heavy (non-hydrogen) atoms. The smallest absolute Gasteiger partial charge is 0.261 e. The van der Waals surface area contributed by atoms with Gasteiger partial charge in [0, 0.05) is 6.04 Å². The van der Waals surface area contributed by atoms with E-state index in [1.807, 2.05) is 17.5 Å². The van der Waals surface area contributed by atoms with Gasteiger partial charge < -0.3 is 5.32 Å². The highest BCUT2D eigenvalue weighted by Crippen LogP contribution is 2.29. The number of hydrogen-bond donors (Lipinski definition) is 1. The predicted molar refractivity (Wildman–Crippen MR) is 67.8 cm³/mol. The molecule has 88 valence electrons. The first-order valence-electron chi connectivity index (χ1n) is 6.03. The van der Waals surface area contributed by atoms with Gasteiger partial charge in [0.15, 0.2) is 0 Å². The fourth-order valence-electron chi connectivity index (χ4n) is 2.43. The van der Waals surface area contributed by atoms with Gasteiger partial charge >= 0.3 is 0 Å². The van der Waals surface area contributed by atoms with E-state index in [1.54, 1.807) is 0 Å². The number of nitrogens with one attached hydrogen (secondary N) is 1. The predicted octanol–water partition coefficient (Wildman–Crippen LogP) is 3.30. The van der Waals surface area contributed by atoms with Gasteiger partial charge in [0.05, 0.1) is 4.88 Å². The van der Waals surface area contributed by atoms with Gasteiger partial charge in [0.1, 0.15) is 0 Å². The highest BCUT2D eigenvalue weighted by molar-refractivity contribution is 7.12. The lowest BCUT2D eigenvalue weighted by Gasteiger charge is -2.34. The summed E-state index contributed by atoms with van der Waals surface area (Å²) in [6.45, 7) is 4.54. The van der Waals surface area contributed by atoms with Crippen molar-refractivity contribution >= 4 is 17.2 Å². The van der Waals surface area contributed by atoms with E-state index in [0.29, 0.717) is 12.0 Å². The SMILES string of the molecule is C[C@@H]1[C@H](C)CCC[C@@H]1NC(=O)c1cccs1. The molecule has 0 radical (unpaired) electrons. The van der Waals surface area contributed by atoms with E-state index < -0.39 is 0 Å². The molecule has 3 atom stereocenters. The maximum atomic E-state index is 11.9. The molecular formula is C13H19NOS. The van der Waals surface area contributed by atoms with Crippen LogP contribution < -0.4 is 5.32 Å². The zero-order valence-corrected chi connectivity index (χ0v) is 10.7. The molecule has 0 saturated heterocycles. The minimum atomic E-state index is 0.0981. The number of carbonyl (C=O) groups is 1. The molecule has 1 aliphatic carbocycles. The summed E-state index contributed by atoms with van der Waals surface area (Å²) < 4.78 is 0. The normalized spacial score (nSPS) is 30.0. The average Bonchev–Trinajstić information content (AvgIpc) is 2.78. The molecule has 1 aromatic heterocycles. The van der Waals surface area contributed by atoms with Crippen LogP contribution in [0, 0.1) is 11.8 Å². The molecule has 2 rings (SSSR count).